The van der Waals surface area contributed by atoms with E-state index in [2.05, 4.69) is 87.8 Å². The SMILES string of the molecule is N#Cc1ncccc1C1=CC=C(c2cc(-c3ccc(-c4cccnc4C#N)cc3)cc(-c3ccc(-c4cccnc4C#N)cc3)c2)CC1. The van der Waals surface area contributed by atoms with Crippen LogP contribution in [0.1, 0.15) is 41.1 Å². The van der Waals surface area contributed by atoms with E-state index in [0.29, 0.717) is 17.1 Å². The number of hydrogen-bond donors (Lipinski definition) is 0. The van der Waals surface area contributed by atoms with Crippen LogP contribution >= 0.6 is 0 Å². The van der Waals surface area contributed by atoms with Crippen LogP contribution in [0.25, 0.3) is 55.7 Å². The van der Waals surface area contributed by atoms with Crippen molar-refractivity contribution in [3.63, 3.8) is 0 Å². The summed E-state index contributed by atoms with van der Waals surface area (Å²) in [6.07, 6.45) is 10.8. The van der Waals surface area contributed by atoms with Crippen molar-refractivity contribution in [1.29, 1.82) is 15.8 Å². The van der Waals surface area contributed by atoms with Crippen molar-refractivity contribution < 1.29 is 0 Å². The topological polar surface area (TPSA) is 110 Å². The highest BCUT2D eigenvalue weighted by molar-refractivity contribution is 5.85. The molecule has 6 aromatic rings. The van der Waals surface area contributed by atoms with Crippen molar-refractivity contribution in [1.82, 2.24) is 15.0 Å². The Labute approximate surface area is 278 Å². The first-order chi connectivity index (χ1) is 23.6. The highest BCUT2D eigenvalue weighted by atomic mass is 14.7. The van der Waals surface area contributed by atoms with E-state index in [1.54, 1.807) is 18.6 Å². The molecule has 48 heavy (non-hydrogen) atoms. The van der Waals surface area contributed by atoms with E-state index in [9.17, 15) is 15.8 Å². The van der Waals surface area contributed by atoms with Crippen LogP contribution in [0.4, 0.5) is 0 Å². The molecular formula is C42H26N6. The number of benzene rings is 3. The number of hydrogen-bond acceptors (Lipinski definition) is 6. The summed E-state index contributed by atoms with van der Waals surface area (Å²) in [5, 5.41) is 28.7. The largest absolute Gasteiger partial charge is 0.245 e. The van der Waals surface area contributed by atoms with Crippen molar-refractivity contribution in [3.8, 4) is 62.7 Å². The lowest BCUT2D eigenvalue weighted by atomic mass is 9.86. The van der Waals surface area contributed by atoms with Crippen LogP contribution in [0.2, 0.25) is 0 Å². The molecule has 3 aromatic carbocycles. The molecule has 6 heteroatoms. The van der Waals surface area contributed by atoms with Crippen LogP contribution in [0.3, 0.4) is 0 Å². The van der Waals surface area contributed by atoms with Crippen LogP contribution in [0, 0.1) is 34.0 Å². The Morgan fingerprint density at radius 1 is 0.396 bits per heavy atom. The van der Waals surface area contributed by atoms with Crippen LogP contribution in [0.15, 0.2) is 134 Å². The number of nitrogens with zero attached hydrogens (tertiary/aromatic N) is 6. The van der Waals surface area contributed by atoms with Gasteiger partial charge in [0.2, 0.25) is 0 Å². The Morgan fingerprint density at radius 2 is 0.771 bits per heavy atom. The van der Waals surface area contributed by atoms with Gasteiger partial charge in [-0.05, 0) is 111 Å². The summed E-state index contributed by atoms with van der Waals surface area (Å²) in [5.74, 6) is 0. The summed E-state index contributed by atoms with van der Waals surface area (Å²) in [4.78, 5) is 12.7. The average molecular weight is 615 g/mol. The molecule has 3 aromatic heterocycles. The smallest absolute Gasteiger partial charge is 0.148 e. The van der Waals surface area contributed by atoms with Gasteiger partial charge >= 0.3 is 0 Å². The third-order valence-electron chi connectivity index (χ3n) is 8.60. The molecule has 0 saturated heterocycles. The first-order valence-electron chi connectivity index (χ1n) is 15.5. The van der Waals surface area contributed by atoms with Crippen LogP contribution in [0.5, 0.6) is 0 Å². The van der Waals surface area contributed by atoms with E-state index >= 15 is 0 Å². The van der Waals surface area contributed by atoms with Gasteiger partial charge in [-0.3, -0.25) is 0 Å². The fourth-order valence-electron chi connectivity index (χ4n) is 6.14. The molecule has 0 unspecified atom stereocenters. The summed E-state index contributed by atoms with van der Waals surface area (Å²) < 4.78 is 0. The molecule has 0 aliphatic heterocycles. The summed E-state index contributed by atoms with van der Waals surface area (Å²) in [6.45, 7) is 0. The molecule has 0 N–H and O–H groups in total. The molecule has 0 spiro atoms. The molecule has 224 valence electrons. The molecule has 1 aliphatic carbocycles. The molecule has 0 fully saturated rings. The zero-order valence-electron chi connectivity index (χ0n) is 25.8. The maximum absolute atomic E-state index is 9.58. The van der Waals surface area contributed by atoms with Crippen LogP contribution in [-0.4, -0.2) is 15.0 Å². The van der Waals surface area contributed by atoms with Gasteiger partial charge in [0.15, 0.2) is 0 Å². The second kappa shape index (κ2) is 13.2. The fourth-order valence-corrected chi connectivity index (χ4v) is 6.14. The first-order valence-corrected chi connectivity index (χ1v) is 15.5. The average Bonchev–Trinajstić information content (AvgIpc) is 3.18. The van der Waals surface area contributed by atoms with E-state index in [4.69, 9.17) is 0 Å². The number of nitriles is 3. The molecule has 0 bridgehead atoms. The van der Waals surface area contributed by atoms with Crippen LogP contribution < -0.4 is 0 Å². The summed E-state index contributed by atoms with van der Waals surface area (Å²) in [7, 11) is 0. The van der Waals surface area contributed by atoms with Crippen molar-refractivity contribution >= 4 is 11.1 Å². The van der Waals surface area contributed by atoms with Crippen LogP contribution in [-0.2, 0) is 0 Å². The highest BCUT2D eigenvalue weighted by Crippen LogP contribution is 2.37. The number of pyridine rings is 3. The third-order valence-corrected chi connectivity index (χ3v) is 8.60. The van der Waals surface area contributed by atoms with Crippen molar-refractivity contribution in [3.05, 3.63) is 162 Å². The van der Waals surface area contributed by atoms with Gasteiger partial charge in [0.25, 0.3) is 0 Å². The van der Waals surface area contributed by atoms with Gasteiger partial charge in [-0.15, -0.1) is 0 Å². The van der Waals surface area contributed by atoms with Gasteiger partial charge in [-0.2, -0.15) is 15.8 Å². The van der Waals surface area contributed by atoms with Gasteiger partial charge in [0, 0.05) is 35.3 Å². The van der Waals surface area contributed by atoms with E-state index in [1.807, 2.05) is 60.7 Å². The molecule has 0 saturated carbocycles. The minimum Gasteiger partial charge on any atom is -0.245 e. The molecule has 0 atom stereocenters. The fraction of sp³-hybridized carbons (Fsp3) is 0.0476. The lowest BCUT2D eigenvalue weighted by molar-refractivity contribution is 1.06. The predicted molar refractivity (Wildman–Crippen MR) is 187 cm³/mol. The summed E-state index contributed by atoms with van der Waals surface area (Å²) in [6, 6.07) is 41.0. The van der Waals surface area contributed by atoms with Gasteiger partial charge in [0.1, 0.15) is 35.3 Å². The molecule has 6 nitrogen and oxygen atoms in total. The lowest BCUT2D eigenvalue weighted by Gasteiger charge is -2.18. The highest BCUT2D eigenvalue weighted by Gasteiger charge is 2.16. The van der Waals surface area contributed by atoms with Gasteiger partial charge < -0.3 is 0 Å². The summed E-state index contributed by atoms with van der Waals surface area (Å²) in [5.41, 5.74) is 13.3. The van der Waals surface area contributed by atoms with E-state index < -0.39 is 0 Å². The molecule has 3 heterocycles. The van der Waals surface area contributed by atoms with Crippen molar-refractivity contribution in [2.75, 3.05) is 0 Å². The quantitative estimate of drug-likeness (QED) is 0.185. The molecule has 1 aliphatic rings. The minimum absolute atomic E-state index is 0.399. The molecule has 0 amide bonds. The normalized spacial score (nSPS) is 12.2. The second-order valence-corrected chi connectivity index (χ2v) is 11.4. The molecule has 0 radical (unpaired) electrons. The van der Waals surface area contributed by atoms with Gasteiger partial charge in [-0.25, -0.2) is 15.0 Å². The monoisotopic (exact) mass is 614 g/mol. The van der Waals surface area contributed by atoms with Crippen molar-refractivity contribution in [2.24, 2.45) is 0 Å². The molecule has 7 rings (SSSR count). The number of allylic oxidation sites excluding steroid dienone is 4. The Bertz CT molecular complexity index is 2240. The Balaban J connectivity index is 1.30. The predicted octanol–water partition coefficient (Wildman–Crippen LogP) is 9.42. The maximum Gasteiger partial charge on any atom is 0.148 e. The standard InChI is InChI=1S/C42H26N6/c43-25-40-37(4-1-19-46-40)31-13-7-28(8-14-31)34-22-35(29-9-15-32(16-10-29)38-5-2-20-47-41(38)26-44)24-36(23-34)30-11-17-33(18-12-30)39-6-3-21-48-42(39)27-45/h1-11,13-17,19-24H,12,18H2. The van der Waals surface area contributed by atoms with Gasteiger partial charge in [-0.1, -0.05) is 66.7 Å². The minimum atomic E-state index is 0.399. The Hall–Kier alpha value is -6.94. The number of rotatable bonds is 6. The van der Waals surface area contributed by atoms with Gasteiger partial charge in [0.05, 0.1) is 0 Å². The number of aromatic nitrogens is 3. The molecular weight excluding hydrogens is 589 g/mol. The Kier molecular flexibility index (Phi) is 8.18. The lowest BCUT2D eigenvalue weighted by Crippen LogP contribution is -1.98. The van der Waals surface area contributed by atoms with E-state index in [0.717, 1.165) is 74.0 Å². The van der Waals surface area contributed by atoms with E-state index in [1.165, 1.54) is 5.57 Å². The maximum atomic E-state index is 9.58. The first kappa shape index (κ1) is 29.8. The van der Waals surface area contributed by atoms with Crippen molar-refractivity contribution in [2.45, 2.75) is 12.8 Å². The summed E-state index contributed by atoms with van der Waals surface area (Å²) >= 11 is 0. The second-order valence-electron chi connectivity index (χ2n) is 11.4. The zero-order chi connectivity index (χ0) is 32.9. The third kappa shape index (κ3) is 5.88. The Morgan fingerprint density at radius 3 is 1.21 bits per heavy atom. The van der Waals surface area contributed by atoms with E-state index in [-0.39, 0.29) is 0 Å². The zero-order valence-corrected chi connectivity index (χ0v) is 25.8.